The highest BCUT2D eigenvalue weighted by Gasteiger charge is 2.06. The first-order valence-electron chi connectivity index (χ1n) is 5.04. The Hall–Kier alpha value is -2.29. The van der Waals surface area contributed by atoms with Gasteiger partial charge in [0.25, 0.3) is 0 Å². The molecule has 1 aromatic carbocycles. The third kappa shape index (κ3) is 1.42. The van der Waals surface area contributed by atoms with Crippen LogP contribution in [0.2, 0.25) is 0 Å². The summed E-state index contributed by atoms with van der Waals surface area (Å²) in [5.41, 5.74) is 7.26. The summed E-state index contributed by atoms with van der Waals surface area (Å²) in [6.45, 7) is 0. The zero-order chi connectivity index (χ0) is 11.0. The van der Waals surface area contributed by atoms with Gasteiger partial charge in [-0.25, -0.2) is 4.98 Å². The molecule has 78 valence electrons. The summed E-state index contributed by atoms with van der Waals surface area (Å²) in [6.07, 6.45) is 0. The summed E-state index contributed by atoms with van der Waals surface area (Å²) >= 11 is 0. The van der Waals surface area contributed by atoms with Gasteiger partial charge < -0.3 is 10.2 Å². The highest BCUT2D eigenvalue weighted by atomic mass is 16.3. The van der Waals surface area contributed by atoms with E-state index in [1.807, 2.05) is 42.5 Å². The molecule has 2 aromatic heterocycles. The number of nitrogens with zero attached hydrogens (tertiary/aromatic N) is 1. The summed E-state index contributed by atoms with van der Waals surface area (Å²) in [6, 6.07) is 15.3. The van der Waals surface area contributed by atoms with Crippen molar-refractivity contribution in [3.05, 3.63) is 48.5 Å². The molecule has 0 saturated carbocycles. The van der Waals surface area contributed by atoms with Crippen LogP contribution < -0.4 is 5.73 Å². The summed E-state index contributed by atoms with van der Waals surface area (Å²) in [7, 11) is 0. The number of fused-ring (bicyclic) bond motifs is 1. The number of nitrogen functional groups attached to an aromatic ring is 1. The van der Waals surface area contributed by atoms with Gasteiger partial charge in [0, 0.05) is 5.39 Å². The average molecular weight is 210 g/mol. The van der Waals surface area contributed by atoms with Crippen LogP contribution in [-0.4, -0.2) is 4.98 Å². The molecule has 0 radical (unpaired) electrons. The van der Waals surface area contributed by atoms with Crippen molar-refractivity contribution in [2.24, 2.45) is 0 Å². The minimum atomic E-state index is 0.498. The van der Waals surface area contributed by atoms with Crippen molar-refractivity contribution in [1.82, 2.24) is 4.98 Å². The van der Waals surface area contributed by atoms with Gasteiger partial charge in [0.1, 0.15) is 17.1 Å². The van der Waals surface area contributed by atoms with Crippen LogP contribution in [0.3, 0.4) is 0 Å². The summed E-state index contributed by atoms with van der Waals surface area (Å²) < 4.78 is 5.69. The molecule has 3 rings (SSSR count). The standard InChI is InChI=1S/C13H10N2O/c14-13-7-3-5-10(15-13)12-8-9-4-1-2-6-11(9)16-12/h1-8H,(H2,14,15). The molecule has 0 atom stereocenters. The van der Waals surface area contributed by atoms with E-state index >= 15 is 0 Å². The second-order valence-electron chi connectivity index (χ2n) is 3.60. The average Bonchev–Trinajstić information content (AvgIpc) is 2.72. The zero-order valence-corrected chi connectivity index (χ0v) is 8.55. The molecule has 2 heterocycles. The lowest BCUT2D eigenvalue weighted by molar-refractivity contribution is 0.629. The Morgan fingerprint density at radius 1 is 1.00 bits per heavy atom. The van der Waals surface area contributed by atoms with E-state index in [9.17, 15) is 0 Å². The van der Waals surface area contributed by atoms with Crippen molar-refractivity contribution in [2.75, 3.05) is 5.73 Å². The van der Waals surface area contributed by atoms with Crippen LogP contribution in [0, 0.1) is 0 Å². The normalized spacial score (nSPS) is 10.8. The second-order valence-corrected chi connectivity index (χ2v) is 3.60. The van der Waals surface area contributed by atoms with Crippen molar-refractivity contribution in [2.45, 2.75) is 0 Å². The molecule has 3 aromatic rings. The van der Waals surface area contributed by atoms with E-state index in [0.29, 0.717) is 5.82 Å². The van der Waals surface area contributed by atoms with E-state index in [2.05, 4.69) is 4.98 Å². The highest BCUT2D eigenvalue weighted by Crippen LogP contribution is 2.26. The minimum absolute atomic E-state index is 0.498. The minimum Gasteiger partial charge on any atom is -0.454 e. The number of anilines is 1. The van der Waals surface area contributed by atoms with Gasteiger partial charge in [0.15, 0.2) is 5.76 Å². The van der Waals surface area contributed by atoms with Crippen LogP contribution in [0.25, 0.3) is 22.4 Å². The predicted octanol–water partition coefficient (Wildman–Crippen LogP) is 3.08. The molecule has 0 spiro atoms. The van der Waals surface area contributed by atoms with Crippen LogP contribution in [0.15, 0.2) is 52.9 Å². The van der Waals surface area contributed by atoms with Gasteiger partial charge in [-0.3, -0.25) is 0 Å². The molecule has 0 saturated heterocycles. The third-order valence-corrected chi connectivity index (χ3v) is 2.45. The summed E-state index contributed by atoms with van der Waals surface area (Å²) in [5, 5.41) is 1.07. The maximum absolute atomic E-state index is 5.69. The van der Waals surface area contributed by atoms with E-state index in [0.717, 1.165) is 22.4 Å². The molecular formula is C13H10N2O. The van der Waals surface area contributed by atoms with E-state index in [1.165, 1.54) is 0 Å². The third-order valence-electron chi connectivity index (χ3n) is 2.45. The van der Waals surface area contributed by atoms with Crippen molar-refractivity contribution < 1.29 is 4.42 Å². The van der Waals surface area contributed by atoms with Crippen LogP contribution in [0.1, 0.15) is 0 Å². The van der Waals surface area contributed by atoms with Crippen molar-refractivity contribution in [3.8, 4) is 11.5 Å². The first kappa shape index (κ1) is 8.97. The molecule has 0 fully saturated rings. The number of para-hydroxylation sites is 1. The number of rotatable bonds is 1. The number of aromatic nitrogens is 1. The lowest BCUT2D eigenvalue weighted by atomic mass is 10.2. The van der Waals surface area contributed by atoms with Crippen LogP contribution >= 0.6 is 0 Å². The maximum Gasteiger partial charge on any atom is 0.153 e. The number of hydrogen-bond donors (Lipinski definition) is 1. The van der Waals surface area contributed by atoms with Gasteiger partial charge in [0.05, 0.1) is 0 Å². The molecule has 16 heavy (non-hydrogen) atoms. The number of nitrogens with two attached hydrogens (primary N) is 1. The van der Waals surface area contributed by atoms with Crippen molar-refractivity contribution in [3.63, 3.8) is 0 Å². The first-order chi connectivity index (χ1) is 7.83. The Morgan fingerprint density at radius 2 is 1.88 bits per heavy atom. The van der Waals surface area contributed by atoms with E-state index in [-0.39, 0.29) is 0 Å². The second kappa shape index (κ2) is 3.38. The molecule has 2 N–H and O–H groups in total. The SMILES string of the molecule is Nc1cccc(-c2cc3ccccc3o2)n1. The van der Waals surface area contributed by atoms with Gasteiger partial charge in [-0.1, -0.05) is 24.3 Å². The van der Waals surface area contributed by atoms with Gasteiger partial charge >= 0.3 is 0 Å². The van der Waals surface area contributed by atoms with Gasteiger partial charge in [-0.2, -0.15) is 0 Å². The van der Waals surface area contributed by atoms with Crippen LogP contribution in [0.5, 0.6) is 0 Å². The lowest BCUT2D eigenvalue weighted by Crippen LogP contribution is -1.90. The number of hydrogen-bond acceptors (Lipinski definition) is 3. The van der Waals surface area contributed by atoms with E-state index < -0.39 is 0 Å². The fourth-order valence-electron chi connectivity index (χ4n) is 1.70. The fraction of sp³-hybridized carbons (Fsp3) is 0. The lowest BCUT2D eigenvalue weighted by Gasteiger charge is -1.96. The number of benzene rings is 1. The molecule has 3 heteroatoms. The molecule has 0 aliphatic carbocycles. The number of pyridine rings is 1. The largest absolute Gasteiger partial charge is 0.454 e. The molecule has 3 nitrogen and oxygen atoms in total. The van der Waals surface area contributed by atoms with E-state index in [4.69, 9.17) is 10.2 Å². The van der Waals surface area contributed by atoms with Gasteiger partial charge in [0.2, 0.25) is 0 Å². The quantitative estimate of drug-likeness (QED) is 0.671. The zero-order valence-electron chi connectivity index (χ0n) is 8.55. The Bertz CT molecular complexity index is 610. The first-order valence-corrected chi connectivity index (χ1v) is 5.04. The Kier molecular flexibility index (Phi) is 1.90. The summed E-state index contributed by atoms with van der Waals surface area (Å²) in [5.74, 6) is 1.24. The molecule has 0 aliphatic rings. The van der Waals surface area contributed by atoms with Crippen LogP contribution in [-0.2, 0) is 0 Å². The monoisotopic (exact) mass is 210 g/mol. The maximum atomic E-state index is 5.69. The molecular weight excluding hydrogens is 200 g/mol. The highest BCUT2D eigenvalue weighted by molar-refractivity contribution is 5.82. The molecule has 0 unspecified atom stereocenters. The Morgan fingerprint density at radius 3 is 2.69 bits per heavy atom. The molecule has 0 bridgehead atoms. The molecule has 0 aliphatic heterocycles. The van der Waals surface area contributed by atoms with Gasteiger partial charge in [-0.15, -0.1) is 0 Å². The Balaban J connectivity index is 2.19. The predicted molar refractivity (Wildman–Crippen MR) is 63.9 cm³/mol. The van der Waals surface area contributed by atoms with Crippen LogP contribution in [0.4, 0.5) is 5.82 Å². The van der Waals surface area contributed by atoms with Gasteiger partial charge in [-0.05, 0) is 24.3 Å². The van der Waals surface area contributed by atoms with Crippen molar-refractivity contribution >= 4 is 16.8 Å². The fourth-order valence-corrected chi connectivity index (χ4v) is 1.70. The summed E-state index contributed by atoms with van der Waals surface area (Å²) in [4.78, 5) is 4.22. The van der Waals surface area contributed by atoms with E-state index in [1.54, 1.807) is 6.07 Å². The Labute approximate surface area is 92.5 Å². The number of furan rings is 1. The smallest absolute Gasteiger partial charge is 0.153 e. The molecule has 0 amide bonds. The topological polar surface area (TPSA) is 52.0 Å². The van der Waals surface area contributed by atoms with Crippen molar-refractivity contribution in [1.29, 1.82) is 0 Å².